The normalized spacial score (nSPS) is 14.6. The monoisotopic (exact) mass is 471 g/mol. The summed E-state index contributed by atoms with van der Waals surface area (Å²) in [5.74, 6) is -0.891. The van der Waals surface area contributed by atoms with Gasteiger partial charge in [0, 0.05) is 13.1 Å². The molecule has 172 valence electrons. The van der Waals surface area contributed by atoms with Crippen molar-refractivity contribution in [1.82, 2.24) is 4.31 Å². The lowest BCUT2D eigenvalue weighted by molar-refractivity contribution is 0.0726. The molecule has 0 atom stereocenters. The molecule has 4 rings (SSSR count). The minimum atomic E-state index is -4.10. The summed E-state index contributed by atoms with van der Waals surface area (Å²) < 4.78 is 57.3. The Morgan fingerprint density at radius 1 is 0.939 bits per heavy atom. The van der Waals surface area contributed by atoms with E-state index in [0.29, 0.717) is 12.4 Å². The third kappa shape index (κ3) is 5.57. The highest BCUT2D eigenvalue weighted by Gasteiger charge is 2.30. The van der Waals surface area contributed by atoms with Gasteiger partial charge in [-0.15, -0.1) is 0 Å². The van der Waals surface area contributed by atoms with Crippen LogP contribution < -0.4 is 9.47 Å². The first-order valence-corrected chi connectivity index (χ1v) is 11.7. The number of ether oxygens (including phenoxy) is 3. The lowest BCUT2D eigenvalue weighted by Crippen LogP contribution is -2.41. The fraction of sp³-hybridized carbons (Fsp3) is 0.208. The van der Waals surface area contributed by atoms with Crippen molar-refractivity contribution < 1.29 is 31.8 Å². The predicted molar refractivity (Wildman–Crippen MR) is 118 cm³/mol. The van der Waals surface area contributed by atoms with Gasteiger partial charge in [0.25, 0.3) is 0 Å². The predicted octanol–water partition coefficient (Wildman–Crippen LogP) is 3.64. The maximum Gasteiger partial charge on any atom is 0.343 e. The summed E-state index contributed by atoms with van der Waals surface area (Å²) in [6, 6.07) is 19.3. The standard InChI is InChI=1S/C24H22FNO6S/c25-22-11-6-19(16-23(22)33(28,29)26-12-14-30-15-13-26)24(27)32-21-9-7-20(8-10-21)31-17-18-4-2-1-3-5-18/h1-11,16H,12-15,17H2. The fourth-order valence-electron chi connectivity index (χ4n) is 3.26. The van der Waals surface area contributed by atoms with Crippen molar-refractivity contribution in [3.05, 3.63) is 89.7 Å². The highest BCUT2D eigenvalue weighted by atomic mass is 32.2. The highest BCUT2D eigenvalue weighted by molar-refractivity contribution is 7.89. The van der Waals surface area contributed by atoms with Crippen molar-refractivity contribution in [2.75, 3.05) is 26.3 Å². The Hall–Kier alpha value is -3.27. The van der Waals surface area contributed by atoms with Gasteiger partial charge in [0.1, 0.15) is 28.8 Å². The van der Waals surface area contributed by atoms with Gasteiger partial charge in [0.05, 0.1) is 18.8 Å². The number of hydrogen-bond donors (Lipinski definition) is 0. The number of benzene rings is 3. The van der Waals surface area contributed by atoms with Gasteiger partial charge in [-0.25, -0.2) is 17.6 Å². The summed E-state index contributed by atoms with van der Waals surface area (Å²) in [5.41, 5.74) is 0.944. The van der Waals surface area contributed by atoms with Crippen molar-refractivity contribution in [2.45, 2.75) is 11.5 Å². The van der Waals surface area contributed by atoms with Crippen LogP contribution in [-0.4, -0.2) is 45.0 Å². The summed E-state index contributed by atoms with van der Waals surface area (Å²) >= 11 is 0. The Balaban J connectivity index is 1.43. The molecule has 1 aliphatic heterocycles. The van der Waals surface area contributed by atoms with Crippen LogP contribution in [0.5, 0.6) is 11.5 Å². The molecule has 1 heterocycles. The van der Waals surface area contributed by atoms with Crippen LogP contribution in [0.25, 0.3) is 0 Å². The SMILES string of the molecule is O=C(Oc1ccc(OCc2ccccc2)cc1)c1ccc(F)c(S(=O)(=O)N2CCOCC2)c1. The maximum absolute atomic E-state index is 14.3. The number of rotatable bonds is 7. The summed E-state index contributed by atoms with van der Waals surface area (Å²) in [7, 11) is -4.10. The average Bonchev–Trinajstić information content (AvgIpc) is 2.85. The Morgan fingerprint density at radius 3 is 2.30 bits per heavy atom. The van der Waals surface area contributed by atoms with Crippen LogP contribution >= 0.6 is 0 Å². The van der Waals surface area contributed by atoms with E-state index in [1.807, 2.05) is 30.3 Å². The first kappa shape index (κ1) is 22.9. The minimum absolute atomic E-state index is 0.0763. The van der Waals surface area contributed by atoms with Crippen LogP contribution in [-0.2, 0) is 21.4 Å². The molecule has 9 heteroatoms. The van der Waals surface area contributed by atoms with Gasteiger partial charge in [-0.1, -0.05) is 30.3 Å². The Kier molecular flexibility index (Phi) is 7.02. The van der Waals surface area contributed by atoms with Crippen LogP contribution in [0.4, 0.5) is 4.39 Å². The molecule has 0 amide bonds. The number of hydrogen-bond acceptors (Lipinski definition) is 6. The van der Waals surface area contributed by atoms with E-state index in [1.165, 1.54) is 6.07 Å². The second-order valence-electron chi connectivity index (χ2n) is 7.30. The van der Waals surface area contributed by atoms with Gasteiger partial charge < -0.3 is 14.2 Å². The molecule has 0 saturated carbocycles. The largest absolute Gasteiger partial charge is 0.489 e. The zero-order valence-electron chi connectivity index (χ0n) is 17.6. The van der Waals surface area contributed by atoms with E-state index < -0.39 is 26.7 Å². The van der Waals surface area contributed by atoms with Gasteiger partial charge in [0.15, 0.2) is 0 Å². The number of carbonyl (C=O) groups excluding carboxylic acids is 1. The summed E-state index contributed by atoms with van der Waals surface area (Å²) in [5, 5.41) is 0. The molecular formula is C24H22FNO6S. The summed E-state index contributed by atoms with van der Waals surface area (Å²) in [4.78, 5) is 12.0. The number of morpholine rings is 1. The third-order valence-electron chi connectivity index (χ3n) is 5.04. The van der Waals surface area contributed by atoms with Crippen molar-refractivity contribution in [1.29, 1.82) is 0 Å². The Morgan fingerprint density at radius 2 is 1.61 bits per heavy atom. The smallest absolute Gasteiger partial charge is 0.343 e. The molecule has 0 N–H and O–H groups in total. The molecule has 0 aliphatic carbocycles. The molecule has 1 aliphatic rings. The first-order chi connectivity index (χ1) is 15.9. The molecule has 0 bridgehead atoms. The summed E-state index contributed by atoms with van der Waals surface area (Å²) in [6.07, 6.45) is 0. The van der Waals surface area contributed by atoms with E-state index in [-0.39, 0.29) is 37.6 Å². The van der Waals surface area contributed by atoms with Crippen LogP contribution in [0.2, 0.25) is 0 Å². The van der Waals surface area contributed by atoms with Gasteiger partial charge in [-0.2, -0.15) is 4.31 Å². The number of carbonyl (C=O) groups is 1. The second-order valence-corrected chi connectivity index (χ2v) is 9.20. The van der Waals surface area contributed by atoms with Crippen molar-refractivity contribution in [3.8, 4) is 11.5 Å². The molecule has 0 spiro atoms. The van der Waals surface area contributed by atoms with E-state index in [4.69, 9.17) is 14.2 Å². The molecule has 0 aromatic heterocycles. The Bertz CT molecular complexity index is 1210. The van der Waals surface area contributed by atoms with Crippen LogP contribution in [0.1, 0.15) is 15.9 Å². The molecule has 3 aromatic carbocycles. The average molecular weight is 472 g/mol. The van der Waals surface area contributed by atoms with Crippen molar-refractivity contribution in [2.24, 2.45) is 0 Å². The van der Waals surface area contributed by atoms with Crippen LogP contribution in [0, 0.1) is 5.82 Å². The first-order valence-electron chi connectivity index (χ1n) is 10.3. The maximum atomic E-state index is 14.3. The Labute approximate surface area is 191 Å². The number of nitrogens with zero attached hydrogens (tertiary/aromatic N) is 1. The van der Waals surface area contributed by atoms with Crippen molar-refractivity contribution in [3.63, 3.8) is 0 Å². The fourth-order valence-corrected chi connectivity index (χ4v) is 4.76. The van der Waals surface area contributed by atoms with E-state index in [2.05, 4.69) is 0 Å². The molecule has 0 unspecified atom stereocenters. The quantitative estimate of drug-likeness (QED) is 0.387. The van der Waals surface area contributed by atoms with E-state index in [9.17, 15) is 17.6 Å². The van der Waals surface area contributed by atoms with Crippen molar-refractivity contribution >= 4 is 16.0 Å². The van der Waals surface area contributed by atoms with E-state index >= 15 is 0 Å². The summed E-state index contributed by atoms with van der Waals surface area (Å²) in [6.45, 7) is 1.10. The lowest BCUT2D eigenvalue weighted by Gasteiger charge is -2.26. The number of halogens is 1. The van der Waals surface area contributed by atoms with Crippen LogP contribution in [0.15, 0.2) is 77.7 Å². The lowest BCUT2D eigenvalue weighted by atomic mass is 10.2. The topological polar surface area (TPSA) is 82.1 Å². The zero-order valence-corrected chi connectivity index (χ0v) is 18.5. The van der Waals surface area contributed by atoms with E-state index in [0.717, 1.165) is 22.0 Å². The highest BCUT2D eigenvalue weighted by Crippen LogP contribution is 2.24. The van der Waals surface area contributed by atoms with E-state index in [1.54, 1.807) is 24.3 Å². The van der Waals surface area contributed by atoms with Gasteiger partial charge in [-0.05, 0) is 48.0 Å². The molecule has 7 nitrogen and oxygen atoms in total. The second kappa shape index (κ2) is 10.1. The molecular weight excluding hydrogens is 449 g/mol. The van der Waals surface area contributed by atoms with Gasteiger partial charge in [0.2, 0.25) is 10.0 Å². The molecule has 33 heavy (non-hydrogen) atoms. The molecule has 1 fully saturated rings. The molecule has 3 aromatic rings. The molecule has 1 saturated heterocycles. The van der Waals surface area contributed by atoms with Gasteiger partial charge in [-0.3, -0.25) is 0 Å². The minimum Gasteiger partial charge on any atom is -0.489 e. The third-order valence-corrected chi connectivity index (χ3v) is 6.95. The number of esters is 1. The molecule has 0 radical (unpaired) electrons. The zero-order chi connectivity index (χ0) is 23.3. The number of sulfonamides is 1. The van der Waals surface area contributed by atoms with Gasteiger partial charge >= 0.3 is 5.97 Å². The van der Waals surface area contributed by atoms with Crippen LogP contribution in [0.3, 0.4) is 0 Å².